The van der Waals surface area contributed by atoms with Crippen molar-refractivity contribution in [1.82, 2.24) is 5.32 Å². The lowest BCUT2D eigenvalue weighted by Crippen LogP contribution is -2.29. The maximum atomic E-state index is 5.71. The Labute approximate surface area is 97.0 Å². The highest BCUT2D eigenvalue weighted by Crippen LogP contribution is 2.43. The molecule has 1 aromatic rings. The average molecular weight is 275 g/mol. The Kier molecular flexibility index (Phi) is 3.27. The van der Waals surface area contributed by atoms with E-state index in [1.54, 1.807) is 11.3 Å². The molecule has 0 spiro atoms. The molecular formula is C10H15BrN2S. The van der Waals surface area contributed by atoms with E-state index in [0.717, 1.165) is 19.6 Å². The molecule has 14 heavy (non-hydrogen) atoms. The number of rotatable bonds is 5. The first kappa shape index (κ1) is 10.6. The summed E-state index contributed by atoms with van der Waals surface area (Å²) in [4.78, 5) is 1.37. The van der Waals surface area contributed by atoms with Gasteiger partial charge in [-0.05, 0) is 52.2 Å². The van der Waals surface area contributed by atoms with Crippen molar-refractivity contribution in [2.24, 2.45) is 11.1 Å². The van der Waals surface area contributed by atoms with Crippen LogP contribution in [0.4, 0.5) is 0 Å². The predicted octanol–water partition coefficient (Wildman–Crippen LogP) is 2.34. The Morgan fingerprint density at radius 2 is 2.36 bits per heavy atom. The van der Waals surface area contributed by atoms with Gasteiger partial charge in [0.2, 0.25) is 0 Å². The molecule has 2 rings (SSSR count). The molecule has 0 aromatic carbocycles. The molecule has 1 heterocycles. The minimum atomic E-state index is 0.434. The first-order valence-electron chi connectivity index (χ1n) is 4.88. The summed E-state index contributed by atoms with van der Waals surface area (Å²) in [5, 5.41) is 5.59. The van der Waals surface area contributed by atoms with Crippen molar-refractivity contribution < 1.29 is 0 Å². The molecule has 0 radical (unpaired) electrons. The van der Waals surface area contributed by atoms with E-state index in [1.807, 2.05) is 0 Å². The van der Waals surface area contributed by atoms with Crippen LogP contribution in [0.15, 0.2) is 15.9 Å². The second-order valence-electron chi connectivity index (χ2n) is 4.00. The lowest BCUT2D eigenvalue weighted by Gasteiger charge is -2.12. The van der Waals surface area contributed by atoms with Crippen LogP contribution in [-0.2, 0) is 6.54 Å². The molecular weight excluding hydrogens is 260 g/mol. The third-order valence-corrected chi connectivity index (χ3v) is 4.79. The van der Waals surface area contributed by atoms with Crippen molar-refractivity contribution in [1.29, 1.82) is 0 Å². The standard InChI is InChI=1S/C10H15BrN2S/c11-8-1-4-14-9(8)5-13-7-10(6-12)2-3-10/h1,4,13H,2-3,5-7,12H2. The number of hydrogen-bond acceptors (Lipinski definition) is 3. The summed E-state index contributed by atoms with van der Waals surface area (Å²) >= 11 is 5.31. The zero-order chi connectivity index (χ0) is 10.0. The molecule has 1 saturated carbocycles. The molecule has 4 heteroatoms. The highest BCUT2D eigenvalue weighted by Gasteiger charge is 2.40. The van der Waals surface area contributed by atoms with Crippen LogP contribution in [-0.4, -0.2) is 13.1 Å². The normalized spacial score (nSPS) is 18.4. The molecule has 78 valence electrons. The van der Waals surface area contributed by atoms with Gasteiger partial charge in [0.1, 0.15) is 0 Å². The van der Waals surface area contributed by atoms with Crippen molar-refractivity contribution in [3.05, 3.63) is 20.8 Å². The quantitative estimate of drug-likeness (QED) is 0.865. The van der Waals surface area contributed by atoms with Crippen LogP contribution < -0.4 is 11.1 Å². The van der Waals surface area contributed by atoms with Crippen LogP contribution in [0.5, 0.6) is 0 Å². The van der Waals surface area contributed by atoms with Gasteiger partial charge in [-0.25, -0.2) is 0 Å². The molecule has 1 aliphatic rings. The largest absolute Gasteiger partial charge is 0.330 e. The van der Waals surface area contributed by atoms with Gasteiger partial charge >= 0.3 is 0 Å². The summed E-state index contributed by atoms with van der Waals surface area (Å²) in [6, 6.07) is 2.09. The van der Waals surface area contributed by atoms with Gasteiger partial charge in [-0.2, -0.15) is 0 Å². The third-order valence-electron chi connectivity index (χ3n) is 2.87. The van der Waals surface area contributed by atoms with Gasteiger partial charge in [0.25, 0.3) is 0 Å². The highest BCUT2D eigenvalue weighted by atomic mass is 79.9. The van der Waals surface area contributed by atoms with Gasteiger partial charge in [-0.3, -0.25) is 0 Å². The molecule has 2 nitrogen and oxygen atoms in total. The van der Waals surface area contributed by atoms with Gasteiger partial charge in [0.05, 0.1) is 0 Å². The SMILES string of the molecule is NCC1(CNCc2sccc2Br)CC1. The number of hydrogen-bond donors (Lipinski definition) is 2. The van der Waals surface area contributed by atoms with Gasteiger partial charge in [-0.1, -0.05) is 0 Å². The zero-order valence-corrected chi connectivity index (χ0v) is 10.5. The fourth-order valence-electron chi connectivity index (χ4n) is 1.52. The average Bonchev–Trinajstić information content (AvgIpc) is 2.86. The predicted molar refractivity (Wildman–Crippen MR) is 64.4 cm³/mol. The fraction of sp³-hybridized carbons (Fsp3) is 0.600. The van der Waals surface area contributed by atoms with Crippen LogP contribution in [0, 0.1) is 5.41 Å². The highest BCUT2D eigenvalue weighted by molar-refractivity contribution is 9.10. The molecule has 1 fully saturated rings. The van der Waals surface area contributed by atoms with E-state index in [0.29, 0.717) is 5.41 Å². The minimum absolute atomic E-state index is 0.434. The number of halogens is 1. The van der Waals surface area contributed by atoms with Gasteiger partial charge in [0, 0.05) is 22.4 Å². The molecule has 0 atom stereocenters. The summed E-state index contributed by atoms with van der Waals surface area (Å²) in [6.07, 6.45) is 2.59. The number of nitrogens with one attached hydrogen (secondary N) is 1. The van der Waals surface area contributed by atoms with Crippen LogP contribution in [0.2, 0.25) is 0 Å². The van der Waals surface area contributed by atoms with Crippen LogP contribution in [0.25, 0.3) is 0 Å². The van der Waals surface area contributed by atoms with E-state index in [-0.39, 0.29) is 0 Å². The summed E-state index contributed by atoms with van der Waals surface area (Å²) < 4.78 is 1.22. The van der Waals surface area contributed by atoms with Crippen molar-refractivity contribution >= 4 is 27.3 Å². The Morgan fingerprint density at radius 1 is 1.57 bits per heavy atom. The van der Waals surface area contributed by atoms with E-state index < -0.39 is 0 Å². The van der Waals surface area contributed by atoms with Gasteiger partial charge in [-0.15, -0.1) is 11.3 Å². The Hall–Kier alpha value is 0.100. The molecule has 0 bridgehead atoms. The number of thiophene rings is 1. The smallest absolute Gasteiger partial charge is 0.0327 e. The van der Waals surface area contributed by atoms with E-state index in [9.17, 15) is 0 Å². The maximum absolute atomic E-state index is 5.71. The summed E-state index contributed by atoms with van der Waals surface area (Å²) in [5.74, 6) is 0. The topological polar surface area (TPSA) is 38.0 Å². The third kappa shape index (κ3) is 2.37. The molecule has 0 saturated heterocycles. The Morgan fingerprint density at radius 3 is 2.86 bits per heavy atom. The molecule has 0 unspecified atom stereocenters. The lowest BCUT2D eigenvalue weighted by molar-refractivity contribution is 0.469. The number of nitrogens with two attached hydrogens (primary N) is 1. The van der Waals surface area contributed by atoms with E-state index >= 15 is 0 Å². The van der Waals surface area contributed by atoms with E-state index in [2.05, 4.69) is 32.7 Å². The summed E-state index contributed by atoms with van der Waals surface area (Å²) in [6.45, 7) is 2.85. The first-order chi connectivity index (χ1) is 6.76. The van der Waals surface area contributed by atoms with Crippen LogP contribution in [0.3, 0.4) is 0 Å². The van der Waals surface area contributed by atoms with Gasteiger partial charge in [0.15, 0.2) is 0 Å². The van der Waals surface area contributed by atoms with E-state index in [1.165, 1.54) is 22.2 Å². The van der Waals surface area contributed by atoms with Gasteiger partial charge < -0.3 is 11.1 Å². The second kappa shape index (κ2) is 4.31. The minimum Gasteiger partial charge on any atom is -0.330 e. The van der Waals surface area contributed by atoms with Crippen LogP contribution in [0.1, 0.15) is 17.7 Å². The van der Waals surface area contributed by atoms with Crippen molar-refractivity contribution in [3.8, 4) is 0 Å². The zero-order valence-electron chi connectivity index (χ0n) is 8.05. The molecule has 0 amide bonds. The van der Waals surface area contributed by atoms with Crippen molar-refractivity contribution in [2.45, 2.75) is 19.4 Å². The van der Waals surface area contributed by atoms with Crippen LogP contribution >= 0.6 is 27.3 Å². The maximum Gasteiger partial charge on any atom is 0.0327 e. The fourth-order valence-corrected chi connectivity index (χ4v) is 2.98. The Bertz CT molecular complexity index is 307. The molecule has 3 N–H and O–H groups in total. The van der Waals surface area contributed by atoms with Crippen molar-refractivity contribution in [3.63, 3.8) is 0 Å². The summed E-state index contributed by atoms with van der Waals surface area (Å²) in [5.41, 5.74) is 6.15. The summed E-state index contributed by atoms with van der Waals surface area (Å²) in [7, 11) is 0. The molecule has 0 aliphatic heterocycles. The van der Waals surface area contributed by atoms with E-state index in [4.69, 9.17) is 5.73 Å². The van der Waals surface area contributed by atoms with Crippen molar-refractivity contribution in [2.75, 3.05) is 13.1 Å². The monoisotopic (exact) mass is 274 g/mol. The molecule has 1 aromatic heterocycles. The second-order valence-corrected chi connectivity index (χ2v) is 5.85. The molecule has 1 aliphatic carbocycles. The lowest BCUT2D eigenvalue weighted by atomic mass is 10.1. The first-order valence-corrected chi connectivity index (χ1v) is 6.56. The Balaban J connectivity index is 1.76.